The highest BCUT2D eigenvalue weighted by Gasteiger charge is 2.04. The van der Waals surface area contributed by atoms with E-state index in [1.54, 1.807) is 24.5 Å². The summed E-state index contributed by atoms with van der Waals surface area (Å²) in [5.74, 6) is 0.693. The number of hydrogen-bond acceptors (Lipinski definition) is 3. The summed E-state index contributed by atoms with van der Waals surface area (Å²) in [6, 6.07) is 10.9. The Morgan fingerprint density at radius 1 is 1.29 bits per heavy atom. The zero-order chi connectivity index (χ0) is 12.1. The van der Waals surface area contributed by atoms with E-state index in [4.69, 9.17) is 10.2 Å². The van der Waals surface area contributed by atoms with Crippen molar-refractivity contribution in [1.82, 2.24) is 5.32 Å². The zero-order valence-electron chi connectivity index (χ0n) is 9.35. The quantitative estimate of drug-likeness (QED) is 0.786. The summed E-state index contributed by atoms with van der Waals surface area (Å²) in [6.45, 7) is 0.411. The molecule has 1 aromatic heterocycles. The summed E-state index contributed by atoms with van der Waals surface area (Å²) in [6.07, 6.45) is 1.91. The number of nitrogens with two attached hydrogens (primary N) is 1. The van der Waals surface area contributed by atoms with E-state index in [0.29, 0.717) is 18.7 Å². The van der Waals surface area contributed by atoms with Gasteiger partial charge in [-0.2, -0.15) is 0 Å². The van der Waals surface area contributed by atoms with Gasteiger partial charge in [0.25, 0.3) is 0 Å². The first kappa shape index (κ1) is 11.3. The van der Waals surface area contributed by atoms with Gasteiger partial charge in [-0.1, -0.05) is 12.1 Å². The van der Waals surface area contributed by atoms with E-state index < -0.39 is 0 Å². The molecular weight excluding hydrogens is 216 g/mol. The standard InChI is InChI=1S/C13H14N2O2/c14-11-4-1-3-10(7-11)8-13(16)15-9-12-5-2-6-17-12/h1-7H,8-9,14H2,(H,15,16). The molecule has 0 aliphatic rings. The topological polar surface area (TPSA) is 68.3 Å². The van der Waals surface area contributed by atoms with Crippen molar-refractivity contribution in [2.45, 2.75) is 13.0 Å². The molecule has 0 aliphatic heterocycles. The number of anilines is 1. The second kappa shape index (κ2) is 5.21. The molecule has 1 amide bonds. The zero-order valence-corrected chi connectivity index (χ0v) is 9.35. The Hall–Kier alpha value is -2.23. The van der Waals surface area contributed by atoms with Crippen LogP contribution in [0.3, 0.4) is 0 Å². The van der Waals surface area contributed by atoms with Crippen LogP contribution in [0.2, 0.25) is 0 Å². The minimum Gasteiger partial charge on any atom is -0.467 e. The van der Waals surface area contributed by atoms with Crippen molar-refractivity contribution in [3.63, 3.8) is 0 Å². The number of nitrogen functional groups attached to an aromatic ring is 1. The van der Waals surface area contributed by atoms with Crippen LogP contribution in [-0.2, 0) is 17.8 Å². The molecule has 88 valence electrons. The van der Waals surface area contributed by atoms with Gasteiger partial charge >= 0.3 is 0 Å². The van der Waals surface area contributed by atoms with E-state index in [-0.39, 0.29) is 5.91 Å². The maximum Gasteiger partial charge on any atom is 0.224 e. The third-order valence-corrected chi connectivity index (χ3v) is 2.36. The molecule has 4 nitrogen and oxygen atoms in total. The van der Waals surface area contributed by atoms with Gasteiger partial charge in [0.15, 0.2) is 0 Å². The Bertz CT molecular complexity index is 492. The molecule has 1 aromatic carbocycles. The van der Waals surface area contributed by atoms with E-state index in [9.17, 15) is 4.79 Å². The van der Waals surface area contributed by atoms with E-state index in [1.807, 2.05) is 18.2 Å². The second-order valence-corrected chi connectivity index (χ2v) is 3.78. The van der Waals surface area contributed by atoms with Gasteiger partial charge < -0.3 is 15.5 Å². The van der Waals surface area contributed by atoms with Crippen LogP contribution >= 0.6 is 0 Å². The lowest BCUT2D eigenvalue weighted by molar-refractivity contribution is -0.120. The fourth-order valence-corrected chi connectivity index (χ4v) is 1.55. The Balaban J connectivity index is 1.85. The average Bonchev–Trinajstić information content (AvgIpc) is 2.79. The third kappa shape index (κ3) is 3.38. The minimum atomic E-state index is -0.0491. The van der Waals surface area contributed by atoms with Crippen LogP contribution in [0.5, 0.6) is 0 Å². The number of nitrogens with one attached hydrogen (secondary N) is 1. The average molecular weight is 230 g/mol. The van der Waals surface area contributed by atoms with Crippen molar-refractivity contribution < 1.29 is 9.21 Å². The molecule has 0 atom stereocenters. The minimum absolute atomic E-state index is 0.0491. The van der Waals surface area contributed by atoms with Crippen molar-refractivity contribution in [3.05, 3.63) is 54.0 Å². The number of hydrogen-bond donors (Lipinski definition) is 2. The molecule has 0 spiro atoms. The number of carbonyl (C=O) groups is 1. The van der Waals surface area contributed by atoms with Crippen LogP contribution < -0.4 is 11.1 Å². The summed E-state index contributed by atoms with van der Waals surface area (Å²) < 4.78 is 5.12. The lowest BCUT2D eigenvalue weighted by Gasteiger charge is -2.04. The maximum atomic E-state index is 11.6. The molecule has 1 heterocycles. The van der Waals surface area contributed by atoms with E-state index in [0.717, 1.165) is 11.3 Å². The van der Waals surface area contributed by atoms with Crippen LogP contribution in [0.1, 0.15) is 11.3 Å². The predicted octanol–water partition coefficient (Wildman–Crippen LogP) is 1.72. The molecule has 0 unspecified atom stereocenters. The number of carbonyl (C=O) groups excluding carboxylic acids is 1. The summed E-state index contributed by atoms with van der Waals surface area (Å²) in [4.78, 5) is 11.6. The van der Waals surface area contributed by atoms with Gasteiger partial charge in [0.2, 0.25) is 5.91 Å². The number of amides is 1. The molecule has 3 N–H and O–H groups in total. The van der Waals surface area contributed by atoms with E-state index in [2.05, 4.69) is 5.32 Å². The van der Waals surface area contributed by atoms with Gasteiger partial charge in [-0.3, -0.25) is 4.79 Å². The van der Waals surface area contributed by atoms with Crippen LogP contribution in [0.4, 0.5) is 5.69 Å². The summed E-state index contributed by atoms with van der Waals surface area (Å²) in [5.41, 5.74) is 7.21. The third-order valence-electron chi connectivity index (χ3n) is 2.36. The van der Waals surface area contributed by atoms with Crippen molar-refractivity contribution >= 4 is 11.6 Å². The molecule has 2 aromatic rings. The number of rotatable bonds is 4. The predicted molar refractivity (Wildman–Crippen MR) is 65.1 cm³/mol. The van der Waals surface area contributed by atoms with Gasteiger partial charge in [-0.15, -0.1) is 0 Å². The largest absolute Gasteiger partial charge is 0.467 e. The van der Waals surface area contributed by atoms with Crippen LogP contribution in [0, 0.1) is 0 Å². The van der Waals surface area contributed by atoms with E-state index in [1.165, 1.54) is 0 Å². The van der Waals surface area contributed by atoms with Gasteiger partial charge in [-0.05, 0) is 29.8 Å². The maximum absolute atomic E-state index is 11.6. The monoisotopic (exact) mass is 230 g/mol. The molecule has 0 aliphatic carbocycles. The Morgan fingerprint density at radius 2 is 2.18 bits per heavy atom. The van der Waals surface area contributed by atoms with Gasteiger partial charge in [0.1, 0.15) is 5.76 Å². The fourth-order valence-electron chi connectivity index (χ4n) is 1.55. The van der Waals surface area contributed by atoms with Crippen molar-refractivity contribution in [3.8, 4) is 0 Å². The van der Waals surface area contributed by atoms with Crippen molar-refractivity contribution in [2.75, 3.05) is 5.73 Å². The fraction of sp³-hybridized carbons (Fsp3) is 0.154. The highest BCUT2D eigenvalue weighted by atomic mass is 16.3. The van der Waals surface area contributed by atoms with Gasteiger partial charge in [0, 0.05) is 5.69 Å². The molecule has 0 bridgehead atoms. The van der Waals surface area contributed by atoms with Crippen LogP contribution in [0.15, 0.2) is 47.1 Å². The first-order valence-electron chi connectivity index (χ1n) is 5.37. The summed E-state index contributed by atoms with van der Waals surface area (Å²) >= 11 is 0. The molecule has 0 radical (unpaired) electrons. The Morgan fingerprint density at radius 3 is 2.88 bits per heavy atom. The van der Waals surface area contributed by atoms with Crippen molar-refractivity contribution in [1.29, 1.82) is 0 Å². The molecule has 0 saturated carbocycles. The van der Waals surface area contributed by atoms with Gasteiger partial charge in [0.05, 0.1) is 19.2 Å². The number of furan rings is 1. The molecular formula is C13H14N2O2. The lowest BCUT2D eigenvalue weighted by atomic mass is 10.1. The van der Waals surface area contributed by atoms with Gasteiger partial charge in [-0.25, -0.2) is 0 Å². The molecule has 0 saturated heterocycles. The molecule has 0 fully saturated rings. The Kier molecular flexibility index (Phi) is 3.45. The molecule has 17 heavy (non-hydrogen) atoms. The molecule has 4 heteroatoms. The van der Waals surface area contributed by atoms with E-state index >= 15 is 0 Å². The number of benzene rings is 1. The summed E-state index contributed by atoms with van der Waals surface area (Å²) in [7, 11) is 0. The highest BCUT2D eigenvalue weighted by molar-refractivity contribution is 5.78. The smallest absolute Gasteiger partial charge is 0.224 e. The molecule has 2 rings (SSSR count). The normalized spacial score (nSPS) is 10.1. The van der Waals surface area contributed by atoms with Crippen LogP contribution in [-0.4, -0.2) is 5.91 Å². The lowest BCUT2D eigenvalue weighted by Crippen LogP contribution is -2.24. The Labute approximate surface area is 99.4 Å². The first-order chi connectivity index (χ1) is 8.24. The SMILES string of the molecule is Nc1cccc(CC(=O)NCc2ccco2)c1. The van der Waals surface area contributed by atoms with Crippen molar-refractivity contribution in [2.24, 2.45) is 0 Å². The summed E-state index contributed by atoms with van der Waals surface area (Å²) in [5, 5.41) is 2.78. The highest BCUT2D eigenvalue weighted by Crippen LogP contribution is 2.07. The van der Waals surface area contributed by atoms with Crippen LogP contribution in [0.25, 0.3) is 0 Å². The first-order valence-corrected chi connectivity index (χ1v) is 5.37. The second-order valence-electron chi connectivity index (χ2n) is 3.78.